The van der Waals surface area contributed by atoms with Gasteiger partial charge in [0.2, 0.25) is 0 Å². The van der Waals surface area contributed by atoms with Crippen LogP contribution in [-0.2, 0) is 11.3 Å². The molecule has 0 aliphatic carbocycles. The third-order valence-corrected chi connectivity index (χ3v) is 3.96. The average molecular weight is 463 g/mol. The Morgan fingerprint density at radius 1 is 1.36 bits per heavy atom. The number of primary amides is 1. The molecule has 0 aliphatic rings. The van der Waals surface area contributed by atoms with E-state index in [-0.39, 0.29) is 27.9 Å². The van der Waals surface area contributed by atoms with Crippen molar-refractivity contribution in [3.05, 3.63) is 61.1 Å². The summed E-state index contributed by atoms with van der Waals surface area (Å²) in [4.78, 5) is 34.9. The topological polar surface area (TPSA) is 103 Å². The Morgan fingerprint density at radius 2 is 2.04 bits per heavy atom. The van der Waals surface area contributed by atoms with Crippen LogP contribution in [0.2, 0.25) is 0 Å². The Hall–Kier alpha value is -2.50. The lowest BCUT2D eigenvalue weighted by Crippen LogP contribution is -2.35. The normalized spacial score (nSPS) is 10.4. The molecule has 0 radical (unpaired) electrons. The Labute approximate surface area is 153 Å². The minimum atomic E-state index is -1.36. The van der Waals surface area contributed by atoms with Gasteiger partial charge in [0, 0.05) is 21.9 Å². The molecule has 0 bridgehead atoms. The maximum absolute atomic E-state index is 14.4. The predicted octanol–water partition coefficient (Wildman–Crippen LogP) is 2.06. The first-order valence-electron chi connectivity index (χ1n) is 6.77. The van der Waals surface area contributed by atoms with Crippen molar-refractivity contribution in [3.8, 4) is 0 Å². The zero-order valence-corrected chi connectivity index (χ0v) is 15.0. The molecule has 10 heteroatoms. The van der Waals surface area contributed by atoms with Gasteiger partial charge in [-0.1, -0.05) is 0 Å². The average Bonchev–Trinajstić information content (AvgIpc) is 2.56. The fourth-order valence-electron chi connectivity index (χ4n) is 2.06. The lowest BCUT2D eigenvalue weighted by atomic mass is 10.1. The predicted molar refractivity (Wildman–Crippen MR) is 93.4 cm³/mol. The molecule has 1 aromatic heterocycles. The number of nitrogens with zero attached hydrogens (tertiary/aromatic N) is 1. The van der Waals surface area contributed by atoms with Crippen LogP contribution in [0, 0.1) is 15.2 Å². The zero-order chi connectivity index (χ0) is 18.7. The largest absolute Gasteiger partial charge is 0.465 e. The van der Waals surface area contributed by atoms with Crippen LogP contribution in [0.15, 0.2) is 29.2 Å². The van der Waals surface area contributed by atoms with Crippen LogP contribution < -0.4 is 16.6 Å². The molecule has 0 unspecified atom stereocenters. The van der Waals surface area contributed by atoms with Crippen molar-refractivity contribution in [2.24, 2.45) is 5.73 Å². The van der Waals surface area contributed by atoms with Gasteiger partial charge in [-0.25, -0.2) is 22.9 Å². The molecule has 0 fully saturated rings. The summed E-state index contributed by atoms with van der Waals surface area (Å²) < 4.78 is 33.7. The molecule has 25 heavy (non-hydrogen) atoms. The van der Waals surface area contributed by atoms with Crippen molar-refractivity contribution in [1.82, 2.24) is 4.57 Å². The van der Waals surface area contributed by atoms with Gasteiger partial charge in [0.25, 0.3) is 5.56 Å². The van der Waals surface area contributed by atoms with E-state index in [1.54, 1.807) is 6.07 Å². The summed E-state index contributed by atoms with van der Waals surface area (Å²) in [6, 6.07) is 3.05. The van der Waals surface area contributed by atoms with Crippen molar-refractivity contribution in [1.29, 1.82) is 0 Å². The summed E-state index contributed by atoms with van der Waals surface area (Å²) in [5.41, 5.74) is 2.97. The molecule has 0 saturated heterocycles. The van der Waals surface area contributed by atoms with E-state index in [4.69, 9.17) is 5.73 Å². The van der Waals surface area contributed by atoms with Gasteiger partial charge in [0.15, 0.2) is 5.82 Å². The second-order valence-corrected chi connectivity index (χ2v) is 6.06. The molecule has 2 rings (SSSR count). The van der Waals surface area contributed by atoms with Crippen molar-refractivity contribution in [3.63, 3.8) is 0 Å². The Morgan fingerprint density at radius 3 is 2.60 bits per heavy atom. The number of benzene rings is 1. The number of rotatable bonds is 4. The number of carbonyl (C=O) groups is 2. The van der Waals surface area contributed by atoms with Crippen LogP contribution in [0.25, 0.3) is 0 Å². The number of nitrogens with one attached hydrogen (secondary N) is 1. The highest BCUT2D eigenvalue weighted by atomic mass is 127. The molecule has 0 spiro atoms. The maximum atomic E-state index is 14.4. The number of nitrogens with two attached hydrogens (primary N) is 1. The fraction of sp³-hybridized carbons (Fsp3) is 0.133. The van der Waals surface area contributed by atoms with Gasteiger partial charge in [-0.2, -0.15) is 0 Å². The first-order valence-corrected chi connectivity index (χ1v) is 7.85. The Balaban J connectivity index is 2.48. The van der Waals surface area contributed by atoms with Gasteiger partial charge in [-0.05, 0) is 40.8 Å². The SMILES string of the molecule is COC(=O)c1cn(C(N)=O)c(=O)c(F)c1CNc1ccc(I)cc1F. The molecule has 0 aliphatic heterocycles. The molecule has 0 atom stereocenters. The molecule has 3 N–H and O–H groups in total. The van der Waals surface area contributed by atoms with E-state index in [1.165, 1.54) is 12.1 Å². The quantitative estimate of drug-likeness (QED) is 0.534. The Bertz CT molecular complexity index is 914. The summed E-state index contributed by atoms with van der Waals surface area (Å²) >= 11 is 1.92. The van der Waals surface area contributed by atoms with E-state index in [0.29, 0.717) is 3.57 Å². The van der Waals surface area contributed by atoms with Gasteiger partial charge in [-0.3, -0.25) is 4.79 Å². The summed E-state index contributed by atoms with van der Waals surface area (Å²) in [6.07, 6.45) is 0.793. The van der Waals surface area contributed by atoms with Crippen molar-refractivity contribution in [2.45, 2.75) is 6.54 Å². The highest BCUT2D eigenvalue weighted by Gasteiger charge is 2.22. The lowest BCUT2D eigenvalue weighted by molar-refractivity contribution is 0.0598. The lowest BCUT2D eigenvalue weighted by Gasteiger charge is -2.13. The van der Waals surface area contributed by atoms with Crippen LogP contribution in [0.5, 0.6) is 0 Å². The molecular weight excluding hydrogens is 451 g/mol. The van der Waals surface area contributed by atoms with Crippen LogP contribution in [0.1, 0.15) is 15.9 Å². The third kappa shape index (κ3) is 3.95. The minimum absolute atomic E-state index is 0.0507. The third-order valence-electron chi connectivity index (χ3n) is 3.28. The van der Waals surface area contributed by atoms with E-state index in [9.17, 15) is 23.2 Å². The summed E-state index contributed by atoms with van der Waals surface area (Å²) in [7, 11) is 1.05. The molecular formula is C15H12F2IN3O4. The number of methoxy groups -OCH3 is 1. The summed E-state index contributed by atoms with van der Waals surface area (Å²) in [5, 5.41) is 2.60. The van der Waals surface area contributed by atoms with E-state index in [2.05, 4.69) is 10.1 Å². The number of esters is 1. The van der Waals surface area contributed by atoms with E-state index in [1.807, 2.05) is 22.6 Å². The van der Waals surface area contributed by atoms with Crippen LogP contribution >= 0.6 is 22.6 Å². The molecule has 1 heterocycles. The number of hydrogen-bond donors (Lipinski definition) is 2. The van der Waals surface area contributed by atoms with Gasteiger partial charge in [-0.15, -0.1) is 0 Å². The highest BCUT2D eigenvalue weighted by Crippen LogP contribution is 2.19. The summed E-state index contributed by atoms with van der Waals surface area (Å²) in [6.45, 7) is -0.386. The smallest absolute Gasteiger partial charge is 0.339 e. The number of anilines is 1. The fourth-order valence-corrected chi connectivity index (χ4v) is 2.51. The minimum Gasteiger partial charge on any atom is -0.465 e. The molecule has 7 nitrogen and oxygen atoms in total. The number of halogens is 3. The van der Waals surface area contributed by atoms with Gasteiger partial charge in [0.1, 0.15) is 5.82 Å². The van der Waals surface area contributed by atoms with E-state index < -0.39 is 29.2 Å². The number of carbonyl (C=O) groups excluding carboxylic acids is 2. The number of ether oxygens (including phenoxy) is 1. The summed E-state index contributed by atoms with van der Waals surface area (Å²) in [5.74, 6) is -2.92. The van der Waals surface area contributed by atoms with Crippen LogP contribution in [-0.4, -0.2) is 23.7 Å². The van der Waals surface area contributed by atoms with Crippen molar-refractivity contribution < 1.29 is 23.1 Å². The van der Waals surface area contributed by atoms with Gasteiger partial charge in [0.05, 0.1) is 18.4 Å². The maximum Gasteiger partial charge on any atom is 0.339 e. The van der Waals surface area contributed by atoms with E-state index in [0.717, 1.165) is 13.3 Å². The number of aromatic nitrogens is 1. The number of hydrogen-bond acceptors (Lipinski definition) is 5. The molecule has 1 aromatic carbocycles. The number of amides is 1. The van der Waals surface area contributed by atoms with Gasteiger partial charge >= 0.3 is 12.0 Å². The highest BCUT2D eigenvalue weighted by molar-refractivity contribution is 14.1. The molecule has 1 amide bonds. The second-order valence-electron chi connectivity index (χ2n) is 4.82. The van der Waals surface area contributed by atoms with Crippen LogP contribution in [0.4, 0.5) is 19.3 Å². The van der Waals surface area contributed by atoms with Crippen LogP contribution in [0.3, 0.4) is 0 Å². The monoisotopic (exact) mass is 463 g/mol. The van der Waals surface area contributed by atoms with Crippen molar-refractivity contribution in [2.75, 3.05) is 12.4 Å². The number of pyridine rings is 1. The van der Waals surface area contributed by atoms with Crippen molar-refractivity contribution >= 4 is 40.3 Å². The second kappa shape index (κ2) is 7.59. The first kappa shape index (κ1) is 18.8. The molecule has 2 aromatic rings. The first-order chi connectivity index (χ1) is 11.8. The molecule has 0 saturated carbocycles. The van der Waals surface area contributed by atoms with Gasteiger partial charge < -0.3 is 15.8 Å². The standard InChI is InChI=1S/C15H12F2IN3O4/c1-25-14(23)9-6-21(15(19)24)13(22)12(17)8(9)5-20-11-3-2-7(18)4-10(11)16/h2-4,6,20H,5H2,1H3,(H2,19,24). The molecule has 132 valence electrons. The van der Waals surface area contributed by atoms with E-state index >= 15 is 0 Å². The Kier molecular flexibility index (Phi) is 5.72. The zero-order valence-electron chi connectivity index (χ0n) is 12.8.